The zero-order chi connectivity index (χ0) is 17.4. The second-order valence-corrected chi connectivity index (χ2v) is 7.27. The van der Waals surface area contributed by atoms with Crippen molar-refractivity contribution >= 4 is 28.5 Å². The molecule has 1 fully saturated rings. The lowest BCUT2D eigenvalue weighted by Crippen LogP contribution is -2.23. The van der Waals surface area contributed by atoms with Crippen LogP contribution in [0.2, 0.25) is 5.02 Å². The quantitative estimate of drug-likeness (QED) is 0.768. The van der Waals surface area contributed by atoms with E-state index in [-0.39, 0.29) is 0 Å². The van der Waals surface area contributed by atoms with Crippen molar-refractivity contribution < 1.29 is 0 Å². The van der Waals surface area contributed by atoms with Crippen LogP contribution in [0.15, 0.2) is 36.5 Å². The molecule has 5 nitrogen and oxygen atoms in total. The number of hydrogen-bond acceptors (Lipinski definition) is 4. The van der Waals surface area contributed by atoms with Crippen molar-refractivity contribution in [3.05, 3.63) is 52.9 Å². The van der Waals surface area contributed by atoms with E-state index in [1.807, 2.05) is 43.4 Å². The van der Waals surface area contributed by atoms with Crippen molar-refractivity contribution in [2.24, 2.45) is 0 Å². The summed E-state index contributed by atoms with van der Waals surface area (Å²) in [6.45, 7) is 1.97. The lowest BCUT2D eigenvalue weighted by atomic mass is 10.2. The molecule has 1 unspecified atom stereocenters. The molecule has 3 aromatic rings. The van der Waals surface area contributed by atoms with Crippen LogP contribution >= 0.6 is 11.6 Å². The molecule has 0 amide bonds. The number of anilines is 1. The average molecular weight is 356 g/mol. The summed E-state index contributed by atoms with van der Waals surface area (Å²) in [7, 11) is 4.01. The normalized spacial score (nSPS) is 18.1. The lowest BCUT2D eigenvalue weighted by Gasteiger charge is -2.23. The predicted octanol–water partition coefficient (Wildman–Crippen LogP) is 4.01. The van der Waals surface area contributed by atoms with Crippen LogP contribution in [-0.2, 0) is 6.54 Å². The van der Waals surface area contributed by atoms with Crippen LogP contribution in [-0.4, -0.2) is 40.5 Å². The standard InChI is InChI=1S/C19H22ClN5/c1-24(2)18-8-5-13(11-21-18)12-25-9-3-4-17(25)19-22-15-7-6-14(20)10-16(15)23-19/h5-8,10-11,17H,3-4,9,12H2,1-2H3,(H,22,23). The number of aromatic nitrogens is 3. The Hall–Kier alpha value is -2.11. The molecule has 1 aliphatic rings. The minimum atomic E-state index is 0.319. The third kappa shape index (κ3) is 3.34. The first-order chi connectivity index (χ1) is 12.1. The molecule has 1 aliphatic heterocycles. The maximum Gasteiger partial charge on any atom is 0.127 e. The van der Waals surface area contributed by atoms with Crippen LogP contribution in [0.25, 0.3) is 11.0 Å². The maximum absolute atomic E-state index is 6.09. The van der Waals surface area contributed by atoms with E-state index in [4.69, 9.17) is 16.6 Å². The summed E-state index contributed by atoms with van der Waals surface area (Å²) in [6, 6.07) is 10.4. The van der Waals surface area contributed by atoms with Gasteiger partial charge in [0.1, 0.15) is 11.6 Å². The second kappa shape index (κ2) is 6.65. The van der Waals surface area contributed by atoms with E-state index in [9.17, 15) is 0 Å². The minimum Gasteiger partial charge on any atom is -0.363 e. The van der Waals surface area contributed by atoms with Gasteiger partial charge in [-0.1, -0.05) is 17.7 Å². The number of hydrogen-bond donors (Lipinski definition) is 1. The van der Waals surface area contributed by atoms with Crippen molar-refractivity contribution in [3.8, 4) is 0 Å². The number of H-pyrrole nitrogens is 1. The fourth-order valence-electron chi connectivity index (χ4n) is 3.49. The number of rotatable bonds is 4. The molecular weight excluding hydrogens is 334 g/mol. The highest BCUT2D eigenvalue weighted by Crippen LogP contribution is 2.33. The number of halogens is 1. The topological polar surface area (TPSA) is 48.0 Å². The van der Waals surface area contributed by atoms with E-state index in [1.54, 1.807) is 0 Å². The van der Waals surface area contributed by atoms with E-state index < -0.39 is 0 Å². The third-order valence-corrected chi connectivity index (χ3v) is 5.03. The van der Waals surface area contributed by atoms with Crippen LogP contribution in [0.3, 0.4) is 0 Å². The van der Waals surface area contributed by atoms with Gasteiger partial charge in [0.25, 0.3) is 0 Å². The Labute approximate surface area is 152 Å². The SMILES string of the molecule is CN(C)c1ccc(CN2CCCC2c2nc3ccc(Cl)cc3[nH]2)cn1. The van der Waals surface area contributed by atoms with E-state index in [0.29, 0.717) is 6.04 Å². The van der Waals surface area contributed by atoms with Gasteiger partial charge < -0.3 is 9.88 Å². The summed E-state index contributed by atoms with van der Waals surface area (Å²) in [4.78, 5) is 17.3. The fraction of sp³-hybridized carbons (Fsp3) is 0.368. The Balaban J connectivity index is 1.55. The van der Waals surface area contributed by atoms with Crippen LogP contribution in [0, 0.1) is 0 Å². The number of fused-ring (bicyclic) bond motifs is 1. The molecule has 4 rings (SSSR count). The van der Waals surface area contributed by atoms with Gasteiger partial charge in [0.05, 0.1) is 17.1 Å². The number of pyridine rings is 1. The van der Waals surface area contributed by atoms with Crippen LogP contribution in [0.1, 0.15) is 30.3 Å². The first-order valence-electron chi connectivity index (χ1n) is 8.61. The van der Waals surface area contributed by atoms with Crippen LogP contribution in [0.5, 0.6) is 0 Å². The van der Waals surface area contributed by atoms with Crippen LogP contribution in [0.4, 0.5) is 5.82 Å². The number of nitrogens with zero attached hydrogens (tertiary/aromatic N) is 4. The molecule has 0 spiro atoms. The number of aromatic amines is 1. The van der Waals surface area contributed by atoms with Gasteiger partial charge in [0, 0.05) is 31.9 Å². The molecule has 0 bridgehead atoms. The third-order valence-electron chi connectivity index (χ3n) is 4.79. The number of nitrogens with one attached hydrogen (secondary N) is 1. The Kier molecular flexibility index (Phi) is 4.36. The van der Waals surface area contributed by atoms with Crippen LogP contribution < -0.4 is 4.90 Å². The predicted molar refractivity (Wildman–Crippen MR) is 102 cm³/mol. The van der Waals surface area contributed by atoms with Gasteiger partial charge in [0.15, 0.2) is 0 Å². The first kappa shape index (κ1) is 16.4. The van der Waals surface area contributed by atoms with Gasteiger partial charge in [-0.3, -0.25) is 4.90 Å². The largest absolute Gasteiger partial charge is 0.363 e. The molecule has 1 N–H and O–H groups in total. The van der Waals surface area contributed by atoms with E-state index >= 15 is 0 Å². The van der Waals surface area contributed by atoms with E-state index in [0.717, 1.165) is 47.2 Å². The summed E-state index contributed by atoms with van der Waals surface area (Å²) in [5.41, 5.74) is 3.21. The van der Waals surface area contributed by atoms with Gasteiger partial charge in [-0.05, 0) is 49.2 Å². The molecule has 2 aromatic heterocycles. The molecule has 130 valence electrons. The highest BCUT2D eigenvalue weighted by Gasteiger charge is 2.28. The number of imidazole rings is 1. The van der Waals surface area contributed by atoms with E-state index in [2.05, 4.69) is 27.0 Å². The van der Waals surface area contributed by atoms with E-state index in [1.165, 1.54) is 12.0 Å². The molecule has 1 atom stereocenters. The van der Waals surface area contributed by atoms with Crippen molar-refractivity contribution in [1.82, 2.24) is 19.9 Å². The number of benzene rings is 1. The summed E-state index contributed by atoms with van der Waals surface area (Å²) in [6.07, 6.45) is 4.28. The molecule has 0 radical (unpaired) electrons. The van der Waals surface area contributed by atoms with Gasteiger partial charge in [-0.2, -0.15) is 0 Å². The number of likely N-dealkylation sites (tertiary alicyclic amines) is 1. The highest BCUT2D eigenvalue weighted by molar-refractivity contribution is 6.31. The lowest BCUT2D eigenvalue weighted by molar-refractivity contribution is 0.241. The van der Waals surface area contributed by atoms with Gasteiger partial charge in [-0.25, -0.2) is 9.97 Å². The maximum atomic E-state index is 6.09. The summed E-state index contributed by atoms with van der Waals surface area (Å²) >= 11 is 6.09. The van der Waals surface area contributed by atoms with Gasteiger partial charge in [0.2, 0.25) is 0 Å². The molecule has 6 heteroatoms. The zero-order valence-corrected chi connectivity index (χ0v) is 15.3. The van der Waals surface area contributed by atoms with Crippen molar-refractivity contribution in [2.45, 2.75) is 25.4 Å². The molecule has 1 saturated heterocycles. The Bertz CT molecular complexity index is 871. The minimum absolute atomic E-state index is 0.319. The molecule has 0 saturated carbocycles. The Morgan fingerprint density at radius 1 is 1.28 bits per heavy atom. The summed E-state index contributed by atoms with van der Waals surface area (Å²) < 4.78 is 0. The smallest absolute Gasteiger partial charge is 0.127 e. The average Bonchev–Trinajstić information content (AvgIpc) is 3.21. The van der Waals surface area contributed by atoms with Gasteiger partial charge >= 0.3 is 0 Å². The zero-order valence-electron chi connectivity index (χ0n) is 14.5. The summed E-state index contributed by atoms with van der Waals surface area (Å²) in [5.74, 6) is 2.02. The Morgan fingerprint density at radius 3 is 2.92 bits per heavy atom. The molecule has 3 heterocycles. The molecule has 1 aromatic carbocycles. The Morgan fingerprint density at radius 2 is 2.16 bits per heavy atom. The summed E-state index contributed by atoms with van der Waals surface area (Å²) in [5, 5.41) is 0.734. The molecular formula is C19H22ClN5. The fourth-order valence-corrected chi connectivity index (χ4v) is 3.67. The van der Waals surface area contributed by atoms with Crippen molar-refractivity contribution in [2.75, 3.05) is 25.5 Å². The monoisotopic (exact) mass is 355 g/mol. The molecule has 25 heavy (non-hydrogen) atoms. The molecule has 0 aliphatic carbocycles. The first-order valence-corrected chi connectivity index (χ1v) is 8.99. The second-order valence-electron chi connectivity index (χ2n) is 6.83. The van der Waals surface area contributed by atoms with Crippen molar-refractivity contribution in [1.29, 1.82) is 0 Å². The van der Waals surface area contributed by atoms with Crippen molar-refractivity contribution in [3.63, 3.8) is 0 Å². The highest BCUT2D eigenvalue weighted by atomic mass is 35.5. The van der Waals surface area contributed by atoms with Gasteiger partial charge in [-0.15, -0.1) is 0 Å².